The number of hydrogen-bond acceptors (Lipinski definition) is 2. The number of hydrogen-bond donors (Lipinski definition) is 1. The van der Waals surface area contributed by atoms with Crippen molar-refractivity contribution in [1.82, 2.24) is 4.90 Å². The summed E-state index contributed by atoms with van der Waals surface area (Å²) in [6, 6.07) is -0.408. The minimum atomic E-state index is -4.35. The van der Waals surface area contributed by atoms with Crippen LogP contribution < -0.4 is 5.73 Å². The van der Waals surface area contributed by atoms with Gasteiger partial charge in [0.2, 0.25) is 5.91 Å². The van der Waals surface area contributed by atoms with E-state index in [1.54, 1.807) is 0 Å². The van der Waals surface area contributed by atoms with Crippen molar-refractivity contribution in [3.8, 4) is 0 Å². The number of amides is 1. The van der Waals surface area contributed by atoms with Gasteiger partial charge in [-0.2, -0.15) is 13.2 Å². The molecule has 6 heteroatoms. The van der Waals surface area contributed by atoms with Gasteiger partial charge < -0.3 is 10.6 Å². The van der Waals surface area contributed by atoms with Crippen LogP contribution in [0.5, 0.6) is 0 Å². The van der Waals surface area contributed by atoms with Gasteiger partial charge in [0.05, 0.1) is 0 Å². The molecule has 0 radical (unpaired) electrons. The molecule has 0 bridgehead atoms. The second kappa shape index (κ2) is 7.29. The van der Waals surface area contributed by atoms with Crippen LogP contribution in [0.2, 0.25) is 0 Å². The third kappa shape index (κ3) is 4.96. The quantitative estimate of drug-likeness (QED) is 0.847. The first-order valence-electron chi connectivity index (χ1n) is 7.41. The summed E-state index contributed by atoms with van der Waals surface area (Å²) in [5, 5.41) is 0. The van der Waals surface area contributed by atoms with Gasteiger partial charge in [-0.1, -0.05) is 20.3 Å². The van der Waals surface area contributed by atoms with Gasteiger partial charge in [0.1, 0.15) is 6.54 Å². The number of carbonyl (C=O) groups is 1. The highest BCUT2D eigenvalue weighted by Crippen LogP contribution is 2.28. The smallest absolute Gasteiger partial charge is 0.330 e. The van der Waals surface area contributed by atoms with Crippen LogP contribution in [0.1, 0.15) is 52.4 Å². The molecular weight excluding hydrogens is 269 g/mol. The Morgan fingerprint density at radius 2 is 1.90 bits per heavy atom. The van der Waals surface area contributed by atoms with E-state index in [0.29, 0.717) is 25.7 Å². The SMILES string of the molecule is CCC(CC)N(CC(F)(F)F)C(=O)C1CCCC(N)C1. The van der Waals surface area contributed by atoms with Crippen molar-refractivity contribution < 1.29 is 18.0 Å². The minimum absolute atomic E-state index is 0.0628. The van der Waals surface area contributed by atoms with Crippen LogP contribution in [0.15, 0.2) is 0 Å². The lowest BCUT2D eigenvalue weighted by molar-refractivity contribution is -0.169. The average Bonchev–Trinajstić information content (AvgIpc) is 2.36. The molecule has 0 aliphatic heterocycles. The Labute approximate surface area is 118 Å². The fraction of sp³-hybridized carbons (Fsp3) is 0.929. The summed E-state index contributed by atoms with van der Waals surface area (Å²) < 4.78 is 38.2. The molecule has 118 valence electrons. The molecule has 1 aliphatic rings. The molecule has 2 unspecified atom stereocenters. The molecule has 0 heterocycles. The van der Waals surface area contributed by atoms with Gasteiger partial charge in [-0.05, 0) is 32.1 Å². The highest BCUT2D eigenvalue weighted by Gasteiger charge is 2.38. The largest absolute Gasteiger partial charge is 0.406 e. The molecule has 1 aliphatic carbocycles. The second-order valence-electron chi connectivity index (χ2n) is 5.68. The Balaban J connectivity index is 2.82. The van der Waals surface area contributed by atoms with E-state index in [1.807, 2.05) is 13.8 Å². The Morgan fingerprint density at radius 1 is 1.30 bits per heavy atom. The number of halogens is 3. The molecule has 2 atom stereocenters. The number of nitrogens with zero attached hydrogens (tertiary/aromatic N) is 1. The fourth-order valence-electron chi connectivity index (χ4n) is 3.00. The van der Waals surface area contributed by atoms with Crippen LogP contribution in [0.25, 0.3) is 0 Å². The van der Waals surface area contributed by atoms with Crippen LogP contribution in [0.3, 0.4) is 0 Å². The Kier molecular flexibility index (Phi) is 6.30. The van der Waals surface area contributed by atoms with E-state index in [0.717, 1.165) is 17.7 Å². The van der Waals surface area contributed by atoms with E-state index < -0.39 is 12.7 Å². The van der Waals surface area contributed by atoms with Crippen molar-refractivity contribution >= 4 is 5.91 Å². The van der Waals surface area contributed by atoms with Gasteiger partial charge in [-0.25, -0.2) is 0 Å². The topological polar surface area (TPSA) is 46.3 Å². The second-order valence-corrected chi connectivity index (χ2v) is 5.68. The number of carbonyl (C=O) groups excluding carboxylic acids is 1. The summed E-state index contributed by atoms with van der Waals surface area (Å²) in [5.74, 6) is -0.715. The van der Waals surface area contributed by atoms with Crippen molar-refractivity contribution in [2.75, 3.05) is 6.54 Å². The van der Waals surface area contributed by atoms with Gasteiger partial charge >= 0.3 is 6.18 Å². The Hall–Kier alpha value is -0.780. The number of nitrogens with two attached hydrogens (primary N) is 1. The molecule has 20 heavy (non-hydrogen) atoms. The van der Waals surface area contributed by atoms with Crippen LogP contribution in [0, 0.1) is 5.92 Å². The molecule has 3 nitrogen and oxygen atoms in total. The summed E-state index contributed by atoms with van der Waals surface area (Å²) >= 11 is 0. The first kappa shape index (κ1) is 17.3. The van der Waals surface area contributed by atoms with E-state index in [1.165, 1.54) is 0 Å². The minimum Gasteiger partial charge on any atom is -0.330 e. The van der Waals surface area contributed by atoms with Gasteiger partial charge in [0.25, 0.3) is 0 Å². The fourth-order valence-corrected chi connectivity index (χ4v) is 3.00. The van der Waals surface area contributed by atoms with Crippen LogP contribution in [-0.2, 0) is 4.79 Å². The van der Waals surface area contributed by atoms with Crippen LogP contribution in [0.4, 0.5) is 13.2 Å². The summed E-state index contributed by atoms with van der Waals surface area (Å²) in [6.45, 7) is 2.48. The van der Waals surface area contributed by atoms with E-state index in [4.69, 9.17) is 5.73 Å². The standard InChI is InChI=1S/C14H25F3N2O/c1-3-12(4-2)19(9-14(15,16)17)13(20)10-6-5-7-11(18)8-10/h10-12H,3-9,18H2,1-2H3. The molecule has 0 spiro atoms. The van der Waals surface area contributed by atoms with E-state index in [2.05, 4.69) is 0 Å². The van der Waals surface area contributed by atoms with Crippen molar-refractivity contribution in [1.29, 1.82) is 0 Å². The summed E-state index contributed by atoms with van der Waals surface area (Å²) in [4.78, 5) is 13.5. The van der Waals surface area contributed by atoms with E-state index in [9.17, 15) is 18.0 Å². The van der Waals surface area contributed by atoms with Crippen molar-refractivity contribution in [2.45, 2.75) is 70.6 Å². The molecule has 0 saturated heterocycles. The number of alkyl halides is 3. The summed E-state index contributed by atoms with van der Waals surface area (Å²) in [5.41, 5.74) is 5.84. The lowest BCUT2D eigenvalue weighted by atomic mass is 9.85. The Bertz CT molecular complexity index is 316. The van der Waals surface area contributed by atoms with Crippen molar-refractivity contribution in [3.05, 3.63) is 0 Å². The maximum Gasteiger partial charge on any atom is 0.406 e. The lowest BCUT2D eigenvalue weighted by Crippen LogP contribution is -2.49. The summed E-state index contributed by atoms with van der Waals surface area (Å²) in [6.07, 6.45) is -0.439. The maximum atomic E-state index is 12.7. The third-order valence-electron chi connectivity index (χ3n) is 4.08. The maximum absolute atomic E-state index is 12.7. The van der Waals surface area contributed by atoms with Gasteiger partial charge in [0.15, 0.2) is 0 Å². The van der Waals surface area contributed by atoms with Gasteiger partial charge in [-0.3, -0.25) is 4.79 Å². The normalized spacial score (nSPS) is 23.9. The highest BCUT2D eigenvalue weighted by molar-refractivity contribution is 5.79. The zero-order valence-corrected chi connectivity index (χ0v) is 12.2. The molecule has 1 saturated carbocycles. The van der Waals surface area contributed by atoms with Gasteiger partial charge in [-0.15, -0.1) is 0 Å². The number of rotatable bonds is 5. The molecule has 2 N–H and O–H groups in total. The molecule has 1 rings (SSSR count). The molecule has 0 aromatic heterocycles. The molecule has 1 amide bonds. The van der Waals surface area contributed by atoms with Crippen LogP contribution >= 0.6 is 0 Å². The highest BCUT2D eigenvalue weighted by atomic mass is 19.4. The molecule has 0 aromatic rings. The predicted molar refractivity (Wildman–Crippen MR) is 72.1 cm³/mol. The zero-order valence-electron chi connectivity index (χ0n) is 12.2. The molecule has 0 aromatic carbocycles. The van der Waals surface area contributed by atoms with Crippen LogP contribution in [-0.4, -0.2) is 35.6 Å². The molecular formula is C14H25F3N2O. The third-order valence-corrected chi connectivity index (χ3v) is 4.08. The average molecular weight is 294 g/mol. The van der Waals surface area contributed by atoms with Crippen molar-refractivity contribution in [2.24, 2.45) is 11.7 Å². The zero-order chi connectivity index (χ0) is 15.3. The predicted octanol–water partition coefficient (Wildman–Crippen LogP) is 3.08. The first-order valence-corrected chi connectivity index (χ1v) is 7.41. The monoisotopic (exact) mass is 294 g/mol. The first-order chi connectivity index (χ1) is 9.28. The Morgan fingerprint density at radius 3 is 2.35 bits per heavy atom. The van der Waals surface area contributed by atoms with E-state index >= 15 is 0 Å². The van der Waals surface area contributed by atoms with Crippen molar-refractivity contribution in [3.63, 3.8) is 0 Å². The lowest BCUT2D eigenvalue weighted by Gasteiger charge is -2.36. The van der Waals surface area contributed by atoms with Gasteiger partial charge in [0, 0.05) is 18.0 Å². The van der Waals surface area contributed by atoms with E-state index in [-0.39, 0.29) is 23.9 Å². The summed E-state index contributed by atoms with van der Waals surface area (Å²) in [7, 11) is 0. The molecule has 1 fully saturated rings.